The van der Waals surface area contributed by atoms with Crippen LogP contribution in [0.15, 0.2) is 89.3 Å². The van der Waals surface area contributed by atoms with Crippen molar-refractivity contribution in [1.29, 1.82) is 0 Å². The first kappa shape index (κ1) is 23.5. The molecule has 0 atom stereocenters. The largest absolute Gasteiger partial charge is 0.478 e. The highest BCUT2D eigenvalue weighted by atomic mass is 16.6. The molecule has 6 heteroatoms. The van der Waals surface area contributed by atoms with Gasteiger partial charge in [-0.1, -0.05) is 72.8 Å². The maximum absolute atomic E-state index is 11.6. The number of fused-ring (bicyclic) bond motifs is 1. The minimum atomic E-state index is -0.761. The maximum atomic E-state index is 11.6. The molecule has 6 nitrogen and oxygen atoms in total. The van der Waals surface area contributed by atoms with Gasteiger partial charge in [-0.25, -0.2) is 4.79 Å². The van der Waals surface area contributed by atoms with E-state index in [0.29, 0.717) is 30.3 Å². The summed E-state index contributed by atoms with van der Waals surface area (Å²) in [6.07, 6.45) is 0. The highest BCUT2D eigenvalue weighted by molar-refractivity contribution is 5.84. The number of carbonyl (C=O) groups is 1. The van der Waals surface area contributed by atoms with E-state index in [2.05, 4.69) is 0 Å². The predicted molar refractivity (Wildman–Crippen MR) is 129 cm³/mol. The standard InChI is InChI=1S/C28H28O6/c1-3-32-26(29)19-33-25-16-10-11-21-17-24(34-27(21)25)18-31-20-28(30-2,22-12-6-4-7-13-22)23-14-8-5-9-15-23/h4-17H,3,18-20H2,1-2H3. The number of ether oxygens (including phenoxy) is 4. The Kier molecular flexibility index (Phi) is 7.62. The lowest BCUT2D eigenvalue weighted by atomic mass is 9.87. The zero-order valence-corrected chi connectivity index (χ0v) is 19.4. The number of furan rings is 1. The number of hydrogen-bond donors (Lipinski definition) is 0. The molecule has 0 saturated carbocycles. The van der Waals surface area contributed by atoms with E-state index in [1.54, 1.807) is 20.1 Å². The minimum absolute atomic E-state index is 0.177. The summed E-state index contributed by atoms with van der Waals surface area (Å²) in [5.74, 6) is 0.706. The molecule has 1 aromatic heterocycles. The Hall–Kier alpha value is -3.61. The van der Waals surface area contributed by atoms with Crippen LogP contribution in [0.3, 0.4) is 0 Å². The quantitative estimate of drug-likeness (QED) is 0.276. The van der Waals surface area contributed by atoms with Crippen LogP contribution in [0.5, 0.6) is 5.75 Å². The smallest absolute Gasteiger partial charge is 0.344 e. The van der Waals surface area contributed by atoms with Crippen LogP contribution < -0.4 is 4.74 Å². The van der Waals surface area contributed by atoms with E-state index in [1.807, 2.05) is 78.9 Å². The average Bonchev–Trinajstić information content (AvgIpc) is 3.30. The number of carbonyl (C=O) groups excluding carboxylic acids is 1. The van der Waals surface area contributed by atoms with Crippen molar-refractivity contribution in [2.45, 2.75) is 19.1 Å². The Morgan fingerprint density at radius 3 is 2.21 bits per heavy atom. The van der Waals surface area contributed by atoms with Gasteiger partial charge in [-0.15, -0.1) is 0 Å². The number of methoxy groups -OCH3 is 1. The Labute approximate surface area is 199 Å². The zero-order valence-electron chi connectivity index (χ0n) is 19.4. The molecule has 0 saturated heterocycles. The molecule has 0 aliphatic heterocycles. The highest BCUT2D eigenvalue weighted by Crippen LogP contribution is 2.34. The van der Waals surface area contributed by atoms with Crippen LogP contribution in [0.1, 0.15) is 23.8 Å². The normalized spacial score (nSPS) is 11.5. The number of rotatable bonds is 11. The third-order valence-electron chi connectivity index (χ3n) is 5.59. The second-order valence-electron chi connectivity index (χ2n) is 7.74. The van der Waals surface area contributed by atoms with Crippen LogP contribution in [-0.4, -0.2) is 32.9 Å². The molecular formula is C28H28O6. The molecule has 0 fully saturated rings. The van der Waals surface area contributed by atoms with Crippen LogP contribution in [0, 0.1) is 0 Å². The van der Waals surface area contributed by atoms with Crippen molar-refractivity contribution in [3.05, 3.63) is 102 Å². The number of esters is 1. The van der Waals surface area contributed by atoms with Gasteiger partial charge in [0, 0.05) is 12.5 Å². The van der Waals surface area contributed by atoms with Crippen molar-refractivity contribution in [1.82, 2.24) is 0 Å². The third kappa shape index (κ3) is 5.14. The number of benzene rings is 3. The highest BCUT2D eigenvalue weighted by Gasteiger charge is 2.34. The molecule has 1 heterocycles. The fourth-order valence-corrected chi connectivity index (χ4v) is 3.95. The van der Waals surface area contributed by atoms with Gasteiger partial charge in [0.2, 0.25) is 0 Å². The van der Waals surface area contributed by atoms with Crippen LogP contribution >= 0.6 is 0 Å². The molecule has 0 aliphatic rings. The summed E-state index contributed by atoms with van der Waals surface area (Å²) < 4.78 is 28.8. The summed E-state index contributed by atoms with van der Waals surface area (Å²) in [5, 5.41) is 0.865. The Morgan fingerprint density at radius 1 is 0.912 bits per heavy atom. The molecule has 0 unspecified atom stereocenters. The molecule has 4 rings (SSSR count). The van der Waals surface area contributed by atoms with E-state index in [1.165, 1.54) is 0 Å². The van der Waals surface area contributed by atoms with Gasteiger partial charge in [0.1, 0.15) is 18.0 Å². The Bertz CT molecular complexity index is 1160. The first-order valence-electron chi connectivity index (χ1n) is 11.2. The van der Waals surface area contributed by atoms with Gasteiger partial charge in [0.15, 0.2) is 17.9 Å². The van der Waals surface area contributed by atoms with Gasteiger partial charge in [0.05, 0.1) is 13.2 Å². The van der Waals surface area contributed by atoms with Crippen molar-refractivity contribution < 1.29 is 28.2 Å². The van der Waals surface area contributed by atoms with E-state index in [-0.39, 0.29) is 13.2 Å². The van der Waals surface area contributed by atoms with E-state index in [4.69, 9.17) is 23.4 Å². The van der Waals surface area contributed by atoms with Crippen molar-refractivity contribution in [2.75, 3.05) is 26.9 Å². The van der Waals surface area contributed by atoms with Gasteiger partial charge >= 0.3 is 5.97 Å². The zero-order chi connectivity index (χ0) is 23.8. The lowest BCUT2D eigenvalue weighted by Crippen LogP contribution is -2.35. The van der Waals surface area contributed by atoms with Crippen LogP contribution in [0.25, 0.3) is 11.0 Å². The average molecular weight is 461 g/mol. The Balaban J connectivity index is 1.51. The number of hydrogen-bond acceptors (Lipinski definition) is 6. The minimum Gasteiger partial charge on any atom is -0.478 e. The van der Waals surface area contributed by atoms with Gasteiger partial charge in [-0.3, -0.25) is 0 Å². The summed E-state index contributed by atoms with van der Waals surface area (Å²) in [5.41, 5.74) is 1.81. The van der Waals surface area contributed by atoms with Gasteiger partial charge in [-0.2, -0.15) is 0 Å². The summed E-state index contributed by atoms with van der Waals surface area (Å²) in [4.78, 5) is 11.6. The third-order valence-corrected chi connectivity index (χ3v) is 5.59. The fraction of sp³-hybridized carbons (Fsp3) is 0.250. The van der Waals surface area contributed by atoms with E-state index in [9.17, 15) is 4.79 Å². The second kappa shape index (κ2) is 11.0. The van der Waals surface area contributed by atoms with Crippen molar-refractivity contribution in [2.24, 2.45) is 0 Å². The maximum Gasteiger partial charge on any atom is 0.344 e. The second-order valence-corrected chi connectivity index (χ2v) is 7.74. The summed E-state index contributed by atoms with van der Waals surface area (Å²) >= 11 is 0. The van der Waals surface area contributed by atoms with E-state index < -0.39 is 11.6 Å². The van der Waals surface area contributed by atoms with Gasteiger partial charge < -0.3 is 23.4 Å². The monoisotopic (exact) mass is 460 g/mol. The van der Waals surface area contributed by atoms with E-state index in [0.717, 1.165) is 16.5 Å². The Morgan fingerprint density at radius 2 is 1.59 bits per heavy atom. The van der Waals surface area contributed by atoms with Gasteiger partial charge in [-0.05, 0) is 30.2 Å². The molecule has 176 valence electrons. The van der Waals surface area contributed by atoms with Crippen LogP contribution in [0.2, 0.25) is 0 Å². The molecule has 0 spiro atoms. The molecule has 0 amide bonds. The summed E-state index contributed by atoms with van der Waals surface area (Å²) in [6.45, 7) is 2.43. The molecule has 3 aromatic carbocycles. The lowest BCUT2D eigenvalue weighted by Gasteiger charge is -2.33. The van der Waals surface area contributed by atoms with Crippen molar-refractivity contribution in [3.63, 3.8) is 0 Å². The topological polar surface area (TPSA) is 67.1 Å². The number of para-hydroxylation sites is 1. The van der Waals surface area contributed by atoms with Crippen molar-refractivity contribution in [3.8, 4) is 5.75 Å². The molecule has 0 N–H and O–H groups in total. The summed E-state index contributed by atoms with van der Waals surface area (Å²) in [7, 11) is 1.69. The molecule has 34 heavy (non-hydrogen) atoms. The van der Waals surface area contributed by atoms with Gasteiger partial charge in [0.25, 0.3) is 0 Å². The fourth-order valence-electron chi connectivity index (χ4n) is 3.95. The first-order chi connectivity index (χ1) is 16.7. The summed E-state index contributed by atoms with van der Waals surface area (Å²) in [6, 6.07) is 27.5. The molecule has 0 bridgehead atoms. The van der Waals surface area contributed by atoms with Crippen LogP contribution in [-0.2, 0) is 31.2 Å². The molecular weight excluding hydrogens is 432 g/mol. The lowest BCUT2D eigenvalue weighted by molar-refractivity contribution is -0.145. The van der Waals surface area contributed by atoms with Crippen molar-refractivity contribution >= 4 is 16.9 Å². The van der Waals surface area contributed by atoms with Crippen LogP contribution in [0.4, 0.5) is 0 Å². The first-order valence-corrected chi connectivity index (χ1v) is 11.2. The van der Waals surface area contributed by atoms with E-state index >= 15 is 0 Å². The molecule has 0 aliphatic carbocycles. The molecule has 0 radical (unpaired) electrons. The predicted octanol–water partition coefficient (Wildman–Crippen LogP) is 5.48. The SMILES string of the molecule is CCOC(=O)COc1cccc2cc(COCC(OC)(c3ccccc3)c3ccccc3)oc12. The molecule has 4 aromatic rings.